The first-order chi connectivity index (χ1) is 14.5. The van der Waals surface area contributed by atoms with Gasteiger partial charge in [-0.2, -0.15) is 0 Å². The molecule has 0 bridgehead atoms. The summed E-state index contributed by atoms with van der Waals surface area (Å²) in [6, 6.07) is 7.71. The number of aromatic nitrogens is 2. The van der Waals surface area contributed by atoms with Gasteiger partial charge in [0.15, 0.2) is 0 Å². The fourth-order valence-corrected chi connectivity index (χ4v) is 4.14. The number of ether oxygens (including phenoxy) is 1. The summed E-state index contributed by atoms with van der Waals surface area (Å²) in [4.78, 5) is 40.0. The number of benzene rings is 1. The van der Waals surface area contributed by atoms with E-state index in [1.807, 2.05) is 43.0 Å². The smallest absolute Gasteiger partial charge is 0.228 e. The Balaban J connectivity index is 1.41. The van der Waals surface area contributed by atoms with Crippen molar-refractivity contribution in [3.63, 3.8) is 0 Å². The van der Waals surface area contributed by atoms with Crippen molar-refractivity contribution in [3.8, 4) is 5.75 Å². The predicted molar refractivity (Wildman–Crippen MR) is 114 cm³/mol. The molecule has 0 radical (unpaired) electrons. The monoisotopic (exact) mass is 409 g/mol. The van der Waals surface area contributed by atoms with Crippen LogP contribution in [0.4, 0.5) is 11.5 Å². The van der Waals surface area contributed by atoms with E-state index in [0.29, 0.717) is 25.4 Å². The molecule has 2 fully saturated rings. The molecule has 158 valence electrons. The first kappa shape index (κ1) is 20.1. The minimum Gasteiger partial charge on any atom is -0.495 e. The number of carbonyl (C=O) groups excluding carboxylic acids is 2. The zero-order valence-corrected chi connectivity index (χ0v) is 17.7. The van der Waals surface area contributed by atoms with Gasteiger partial charge in [-0.25, -0.2) is 9.97 Å². The van der Waals surface area contributed by atoms with Crippen LogP contribution in [0.5, 0.6) is 5.75 Å². The van der Waals surface area contributed by atoms with E-state index in [-0.39, 0.29) is 24.2 Å². The van der Waals surface area contributed by atoms with Crippen molar-refractivity contribution in [1.82, 2.24) is 14.9 Å². The Hall–Kier alpha value is -3.16. The average Bonchev–Trinajstić information content (AvgIpc) is 3.14. The molecule has 3 heterocycles. The van der Waals surface area contributed by atoms with Crippen LogP contribution in [0.3, 0.4) is 0 Å². The number of piperazine rings is 1. The normalized spacial score (nSPS) is 19.4. The van der Waals surface area contributed by atoms with E-state index in [1.165, 1.54) is 0 Å². The lowest BCUT2D eigenvalue weighted by Gasteiger charge is -2.36. The highest BCUT2D eigenvalue weighted by molar-refractivity contribution is 6.01. The molecule has 30 heavy (non-hydrogen) atoms. The number of hydrogen-bond acceptors (Lipinski definition) is 6. The molecule has 4 rings (SSSR count). The standard InChI is InChI=1S/C22H27N5O3/c1-15-4-5-19(30-3)18(10-15)27-13-17(12-21(27)28)22(29)26-8-6-25(7-9-26)20-11-16(2)23-14-24-20/h4-5,10-11,14,17H,6-9,12-13H2,1-3H3. The van der Waals surface area contributed by atoms with Crippen LogP contribution in [0, 0.1) is 19.8 Å². The molecule has 1 atom stereocenters. The quantitative estimate of drug-likeness (QED) is 0.766. The van der Waals surface area contributed by atoms with Gasteiger partial charge in [0, 0.05) is 50.9 Å². The van der Waals surface area contributed by atoms with Crippen molar-refractivity contribution in [1.29, 1.82) is 0 Å². The Morgan fingerprint density at radius 1 is 1.10 bits per heavy atom. The van der Waals surface area contributed by atoms with Crippen LogP contribution < -0.4 is 14.5 Å². The third-order valence-corrected chi connectivity index (χ3v) is 5.80. The molecule has 2 aliphatic rings. The Kier molecular flexibility index (Phi) is 5.57. The molecule has 8 nitrogen and oxygen atoms in total. The van der Waals surface area contributed by atoms with Gasteiger partial charge in [-0.05, 0) is 31.5 Å². The van der Waals surface area contributed by atoms with E-state index in [1.54, 1.807) is 18.3 Å². The SMILES string of the molecule is COc1ccc(C)cc1N1CC(C(=O)N2CCN(c3cc(C)ncn3)CC2)CC1=O. The highest BCUT2D eigenvalue weighted by atomic mass is 16.5. The summed E-state index contributed by atoms with van der Waals surface area (Å²) >= 11 is 0. The van der Waals surface area contributed by atoms with Gasteiger partial charge in [-0.1, -0.05) is 6.07 Å². The maximum atomic E-state index is 13.1. The molecule has 1 aromatic carbocycles. The minimum atomic E-state index is -0.324. The van der Waals surface area contributed by atoms with Gasteiger partial charge in [0.2, 0.25) is 11.8 Å². The van der Waals surface area contributed by atoms with Crippen LogP contribution in [0.1, 0.15) is 17.7 Å². The lowest BCUT2D eigenvalue weighted by molar-refractivity contribution is -0.136. The maximum absolute atomic E-state index is 13.1. The third-order valence-electron chi connectivity index (χ3n) is 5.80. The van der Waals surface area contributed by atoms with Gasteiger partial charge < -0.3 is 19.4 Å². The number of carbonyl (C=O) groups is 2. The first-order valence-electron chi connectivity index (χ1n) is 10.2. The van der Waals surface area contributed by atoms with E-state index in [4.69, 9.17) is 4.74 Å². The molecule has 8 heteroatoms. The third kappa shape index (κ3) is 3.94. The second kappa shape index (κ2) is 8.30. The summed E-state index contributed by atoms with van der Waals surface area (Å²) in [5.74, 6) is 1.23. The highest BCUT2D eigenvalue weighted by Crippen LogP contribution is 2.34. The summed E-state index contributed by atoms with van der Waals surface area (Å²) < 4.78 is 5.43. The second-order valence-electron chi connectivity index (χ2n) is 7.91. The summed E-state index contributed by atoms with van der Waals surface area (Å²) in [7, 11) is 1.59. The molecule has 0 N–H and O–H groups in total. The van der Waals surface area contributed by atoms with Crippen molar-refractivity contribution in [2.75, 3.05) is 49.6 Å². The van der Waals surface area contributed by atoms with Gasteiger partial charge in [0.1, 0.15) is 17.9 Å². The van der Waals surface area contributed by atoms with Crippen LogP contribution in [0.25, 0.3) is 0 Å². The van der Waals surface area contributed by atoms with E-state index in [9.17, 15) is 9.59 Å². The van der Waals surface area contributed by atoms with Gasteiger partial charge in [0.25, 0.3) is 0 Å². The zero-order chi connectivity index (χ0) is 21.3. The van der Waals surface area contributed by atoms with Crippen LogP contribution in [-0.2, 0) is 9.59 Å². The summed E-state index contributed by atoms with van der Waals surface area (Å²) in [5, 5.41) is 0. The van der Waals surface area contributed by atoms with E-state index in [0.717, 1.165) is 35.9 Å². The lowest BCUT2D eigenvalue weighted by Crippen LogP contribution is -2.51. The summed E-state index contributed by atoms with van der Waals surface area (Å²) in [6.45, 7) is 7.00. The van der Waals surface area contributed by atoms with E-state index in [2.05, 4.69) is 14.9 Å². The number of nitrogens with zero attached hydrogens (tertiary/aromatic N) is 5. The van der Waals surface area contributed by atoms with Crippen LogP contribution in [0.2, 0.25) is 0 Å². The van der Waals surface area contributed by atoms with Crippen molar-refractivity contribution < 1.29 is 14.3 Å². The number of methoxy groups -OCH3 is 1. The predicted octanol–water partition coefficient (Wildman–Crippen LogP) is 1.80. The largest absolute Gasteiger partial charge is 0.495 e. The Morgan fingerprint density at radius 3 is 2.57 bits per heavy atom. The van der Waals surface area contributed by atoms with Crippen molar-refractivity contribution in [2.24, 2.45) is 5.92 Å². The molecule has 0 spiro atoms. The molecular weight excluding hydrogens is 382 g/mol. The fourth-order valence-electron chi connectivity index (χ4n) is 4.14. The number of aryl methyl sites for hydroxylation is 2. The summed E-state index contributed by atoms with van der Waals surface area (Å²) in [5.41, 5.74) is 2.71. The maximum Gasteiger partial charge on any atom is 0.228 e. The molecule has 1 aromatic heterocycles. The molecular formula is C22H27N5O3. The first-order valence-corrected chi connectivity index (χ1v) is 10.2. The van der Waals surface area contributed by atoms with Gasteiger partial charge in [0.05, 0.1) is 18.7 Å². The van der Waals surface area contributed by atoms with Crippen LogP contribution in [0.15, 0.2) is 30.6 Å². The van der Waals surface area contributed by atoms with Gasteiger partial charge >= 0.3 is 0 Å². The average molecular weight is 409 g/mol. The number of hydrogen-bond donors (Lipinski definition) is 0. The van der Waals surface area contributed by atoms with Crippen LogP contribution >= 0.6 is 0 Å². The molecule has 2 amide bonds. The molecule has 2 aliphatic heterocycles. The van der Waals surface area contributed by atoms with E-state index >= 15 is 0 Å². The number of amides is 2. The van der Waals surface area contributed by atoms with Crippen molar-refractivity contribution in [2.45, 2.75) is 20.3 Å². The molecule has 1 unspecified atom stereocenters. The molecule has 2 saturated heterocycles. The van der Waals surface area contributed by atoms with Crippen molar-refractivity contribution >= 4 is 23.3 Å². The Bertz CT molecular complexity index is 956. The number of anilines is 2. The Labute approximate surface area is 176 Å². The molecule has 0 saturated carbocycles. The van der Waals surface area contributed by atoms with Gasteiger partial charge in [-0.3, -0.25) is 9.59 Å². The molecule has 2 aromatic rings. The second-order valence-corrected chi connectivity index (χ2v) is 7.91. The van der Waals surface area contributed by atoms with Crippen molar-refractivity contribution in [3.05, 3.63) is 41.9 Å². The van der Waals surface area contributed by atoms with Gasteiger partial charge in [-0.15, -0.1) is 0 Å². The lowest BCUT2D eigenvalue weighted by atomic mass is 10.1. The van der Waals surface area contributed by atoms with Crippen LogP contribution in [-0.4, -0.2) is 66.5 Å². The Morgan fingerprint density at radius 2 is 1.87 bits per heavy atom. The summed E-state index contributed by atoms with van der Waals surface area (Å²) in [6.07, 6.45) is 1.81. The number of rotatable bonds is 4. The highest BCUT2D eigenvalue weighted by Gasteiger charge is 2.39. The minimum absolute atomic E-state index is 0.0349. The molecule has 0 aliphatic carbocycles. The van der Waals surface area contributed by atoms with E-state index < -0.39 is 0 Å². The zero-order valence-electron chi connectivity index (χ0n) is 17.7. The fraction of sp³-hybridized carbons (Fsp3) is 0.455. The topological polar surface area (TPSA) is 78.9 Å².